The molecule has 0 unspecified atom stereocenters. The summed E-state index contributed by atoms with van der Waals surface area (Å²) < 4.78 is 21.1. The molecular formula is C20H19NO6S. The second kappa shape index (κ2) is 9.09. The lowest BCUT2D eigenvalue weighted by molar-refractivity contribution is -0.118. The van der Waals surface area contributed by atoms with Crippen LogP contribution >= 0.6 is 11.3 Å². The van der Waals surface area contributed by atoms with Crippen LogP contribution in [0.4, 0.5) is 5.00 Å². The third-order valence-corrected chi connectivity index (χ3v) is 4.63. The summed E-state index contributed by atoms with van der Waals surface area (Å²) in [6.07, 6.45) is 1.52. The zero-order valence-electron chi connectivity index (χ0n) is 15.4. The van der Waals surface area contributed by atoms with Gasteiger partial charge in [-0.25, -0.2) is 4.79 Å². The molecule has 3 aromatic rings. The van der Waals surface area contributed by atoms with Crippen LogP contribution in [-0.2, 0) is 9.53 Å². The van der Waals surface area contributed by atoms with Gasteiger partial charge >= 0.3 is 5.97 Å². The summed E-state index contributed by atoms with van der Waals surface area (Å²) in [7, 11) is 1.57. The minimum atomic E-state index is -0.526. The summed E-state index contributed by atoms with van der Waals surface area (Å²) in [6, 6.07) is 10.3. The number of nitrogens with one attached hydrogen (secondary N) is 1. The smallest absolute Gasteiger partial charge is 0.341 e. The van der Waals surface area contributed by atoms with Crippen LogP contribution in [0.5, 0.6) is 11.5 Å². The Kier molecular flexibility index (Phi) is 6.33. The Bertz CT molecular complexity index is 930. The van der Waals surface area contributed by atoms with Crippen molar-refractivity contribution in [2.24, 2.45) is 0 Å². The normalized spacial score (nSPS) is 10.4. The predicted octanol–water partition coefficient (Wildman–Crippen LogP) is 4.21. The van der Waals surface area contributed by atoms with E-state index in [0.29, 0.717) is 27.8 Å². The standard InChI is InChI=1S/C20H19NO6S/c1-3-25-20(23)18-15(16-5-4-10-26-16)12-28-19(18)21-17(22)11-27-14-8-6-13(24-2)7-9-14/h4-10,12H,3,11H2,1-2H3,(H,21,22). The molecule has 3 rings (SSSR count). The molecule has 0 bridgehead atoms. The van der Waals surface area contributed by atoms with Gasteiger partial charge in [-0.05, 0) is 43.3 Å². The Morgan fingerprint density at radius 2 is 1.89 bits per heavy atom. The molecule has 28 heavy (non-hydrogen) atoms. The van der Waals surface area contributed by atoms with Gasteiger partial charge in [-0.3, -0.25) is 4.79 Å². The summed E-state index contributed by atoms with van der Waals surface area (Å²) in [5, 5.41) is 4.84. The number of anilines is 1. The molecule has 2 aromatic heterocycles. The van der Waals surface area contributed by atoms with E-state index in [1.165, 1.54) is 17.6 Å². The SMILES string of the molecule is CCOC(=O)c1c(-c2ccco2)csc1NC(=O)COc1ccc(OC)cc1. The van der Waals surface area contributed by atoms with Gasteiger partial charge in [0.1, 0.15) is 27.8 Å². The monoisotopic (exact) mass is 401 g/mol. The van der Waals surface area contributed by atoms with Gasteiger partial charge in [-0.1, -0.05) is 0 Å². The number of hydrogen-bond donors (Lipinski definition) is 1. The largest absolute Gasteiger partial charge is 0.497 e. The van der Waals surface area contributed by atoms with Crippen LogP contribution in [0.15, 0.2) is 52.5 Å². The highest BCUT2D eigenvalue weighted by molar-refractivity contribution is 7.15. The highest BCUT2D eigenvalue weighted by atomic mass is 32.1. The fourth-order valence-electron chi connectivity index (χ4n) is 2.45. The molecule has 0 atom stereocenters. The molecule has 0 aliphatic rings. The van der Waals surface area contributed by atoms with E-state index in [9.17, 15) is 9.59 Å². The van der Waals surface area contributed by atoms with Gasteiger partial charge < -0.3 is 23.9 Å². The van der Waals surface area contributed by atoms with Crippen molar-refractivity contribution in [1.82, 2.24) is 0 Å². The molecule has 8 heteroatoms. The average Bonchev–Trinajstić information content (AvgIpc) is 3.36. The van der Waals surface area contributed by atoms with Crippen molar-refractivity contribution in [1.29, 1.82) is 0 Å². The van der Waals surface area contributed by atoms with E-state index < -0.39 is 11.9 Å². The number of thiophene rings is 1. The van der Waals surface area contributed by atoms with Gasteiger partial charge in [0.15, 0.2) is 6.61 Å². The van der Waals surface area contributed by atoms with E-state index in [2.05, 4.69) is 5.32 Å². The van der Waals surface area contributed by atoms with E-state index >= 15 is 0 Å². The van der Waals surface area contributed by atoms with Crippen molar-refractivity contribution in [2.75, 3.05) is 25.6 Å². The van der Waals surface area contributed by atoms with Crippen molar-refractivity contribution in [2.45, 2.75) is 6.92 Å². The maximum atomic E-state index is 12.4. The number of methoxy groups -OCH3 is 1. The molecule has 7 nitrogen and oxygen atoms in total. The van der Waals surface area contributed by atoms with Gasteiger partial charge in [-0.2, -0.15) is 0 Å². The molecule has 146 valence electrons. The van der Waals surface area contributed by atoms with Crippen molar-refractivity contribution < 1.29 is 28.2 Å². The van der Waals surface area contributed by atoms with E-state index in [4.69, 9.17) is 18.6 Å². The maximum absolute atomic E-state index is 12.4. The van der Waals surface area contributed by atoms with Crippen LogP contribution in [0, 0.1) is 0 Å². The van der Waals surface area contributed by atoms with Crippen LogP contribution in [0.25, 0.3) is 11.3 Å². The van der Waals surface area contributed by atoms with Gasteiger partial charge in [0, 0.05) is 10.9 Å². The minimum Gasteiger partial charge on any atom is -0.497 e. The van der Waals surface area contributed by atoms with E-state index in [0.717, 1.165) is 0 Å². The van der Waals surface area contributed by atoms with Crippen molar-refractivity contribution in [3.63, 3.8) is 0 Å². The highest BCUT2D eigenvalue weighted by Gasteiger charge is 2.24. The number of esters is 1. The van der Waals surface area contributed by atoms with Crippen LogP contribution in [0.2, 0.25) is 0 Å². The third kappa shape index (κ3) is 4.52. The van der Waals surface area contributed by atoms with E-state index in [1.807, 2.05) is 0 Å². The number of rotatable bonds is 8. The third-order valence-electron chi connectivity index (χ3n) is 3.74. The summed E-state index contributed by atoms with van der Waals surface area (Å²) in [6.45, 7) is 1.74. The Morgan fingerprint density at radius 3 is 2.54 bits per heavy atom. The van der Waals surface area contributed by atoms with Gasteiger partial charge in [0.05, 0.1) is 20.0 Å². The van der Waals surface area contributed by atoms with E-state index in [1.54, 1.807) is 55.8 Å². The molecule has 0 aliphatic carbocycles. The molecule has 0 aliphatic heterocycles. The summed E-state index contributed by atoms with van der Waals surface area (Å²) >= 11 is 1.22. The molecule has 0 fully saturated rings. The van der Waals surface area contributed by atoms with Crippen LogP contribution in [-0.4, -0.2) is 32.2 Å². The number of furan rings is 1. The zero-order valence-corrected chi connectivity index (χ0v) is 16.2. The first kappa shape index (κ1) is 19.5. The molecule has 1 amide bonds. The number of hydrogen-bond acceptors (Lipinski definition) is 7. The maximum Gasteiger partial charge on any atom is 0.341 e. The zero-order chi connectivity index (χ0) is 19.9. The van der Waals surface area contributed by atoms with Crippen LogP contribution in [0.1, 0.15) is 17.3 Å². The summed E-state index contributed by atoms with van der Waals surface area (Å²) in [5.41, 5.74) is 0.833. The Hall–Kier alpha value is -3.26. The first-order valence-electron chi connectivity index (χ1n) is 8.51. The highest BCUT2D eigenvalue weighted by Crippen LogP contribution is 2.36. The molecular weight excluding hydrogens is 382 g/mol. The Balaban J connectivity index is 1.71. The Morgan fingerprint density at radius 1 is 1.14 bits per heavy atom. The first-order chi connectivity index (χ1) is 13.6. The Labute approximate surface area is 165 Å². The number of benzene rings is 1. The molecule has 2 heterocycles. The number of carbonyl (C=O) groups is 2. The lowest BCUT2D eigenvalue weighted by atomic mass is 10.1. The fraction of sp³-hybridized carbons (Fsp3) is 0.200. The molecule has 0 spiro atoms. The fourth-order valence-corrected chi connectivity index (χ4v) is 3.41. The molecule has 0 saturated heterocycles. The van der Waals surface area contributed by atoms with Gasteiger partial charge in [0.25, 0.3) is 5.91 Å². The van der Waals surface area contributed by atoms with Crippen molar-refractivity contribution in [3.05, 3.63) is 53.6 Å². The van der Waals surface area contributed by atoms with Gasteiger partial charge in [-0.15, -0.1) is 11.3 Å². The van der Waals surface area contributed by atoms with Crippen LogP contribution in [0.3, 0.4) is 0 Å². The van der Waals surface area contributed by atoms with Crippen LogP contribution < -0.4 is 14.8 Å². The molecule has 1 N–H and O–H groups in total. The quantitative estimate of drug-likeness (QED) is 0.569. The minimum absolute atomic E-state index is 0.206. The van der Waals surface area contributed by atoms with Crippen molar-refractivity contribution in [3.8, 4) is 22.8 Å². The average molecular weight is 401 g/mol. The molecule has 1 aromatic carbocycles. The molecule has 0 saturated carbocycles. The second-order valence-corrected chi connectivity index (χ2v) is 6.44. The summed E-state index contributed by atoms with van der Waals surface area (Å²) in [4.78, 5) is 24.7. The van der Waals surface area contributed by atoms with Gasteiger partial charge in [0.2, 0.25) is 0 Å². The number of ether oxygens (including phenoxy) is 3. The predicted molar refractivity (Wildman–Crippen MR) is 105 cm³/mol. The number of amides is 1. The second-order valence-electron chi connectivity index (χ2n) is 5.56. The van der Waals surface area contributed by atoms with E-state index in [-0.39, 0.29) is 18.8 Å². The first-order valence-corrected chi connectivity index (χ1v) is 9.39. The lowest BCUT2D eigenvalue weighted by Crippen LogP contribution is -2.21. The topological polar surface area (TPSA) is 87.0 Å². The summed E-state index contributed by atoms with van der Waals surface area (Å²) in [5.74, 6) is 0.828. The number of carbonyl (C=O) groups excluding carboxylic acids is 2. The lowest BCUT2D eigenvalue weighted by Gasteiger charge is -2.09. The van der Waals surface area contributed by atoms with Crippen molar-refractivity contribution >= 4 is 28.2 Å². The molecule has 0 radical (unpaired) electrons.